The molecule has 1 N–H and O–H groups in total. The molecule has 1 aliphatic heterocycles. The topological polar surface area (TPSA) is 26.2 Å². The molecule has 3 nitrogen and oxygen atoms in total. The Morgan fingerprint density at radius 1 is 1.29 bits per heavy atom. The fourth-order valence-electron chi connectivity index (χ4n) is 3.18. The summed E-state index contributed by atoms with van der Waals surface area (Å²) in [4.78, 5) is 0. The highest BCUT2D eigenvalue weighted by Crippen LogP contribution is 2.23. The zero-order valence-corrected chi connectivity index (χ0v) is 13.1. The van der Waals surface area contributed by atoms with E-state index in [1.807, 2.05) is 0 Å². The Balaban J connectivity index is 1.68. The first-order valence-corrected chi connectivity index (χ1v) is 8.21. The van der Waals surface area contributed by atoms with E-state index < -0.39 is 0 Å². The number of nitrogens with one attached hydrogen (secondary N) is 1. The number of piperidine rings is 1. The standard InChI is InChI=1S/C18H26N2O/c1-14(2)21-17-6-7-18-15(13-17)8-11-20(18)12-9-16-5-3-4-10-19-16/h6-8,11,13-14,16,19H,3-5,9-10,12H2,1-2H3. The van der Waals surface area contributed by atoms with Gasteiger partial charge < -0.3 is 14.6 Å². The van der Waals surface area contributed by atoms with Gasteiger partial charge in [-0.1, -0.05) is 6.42 Å². The van der Waals surface area contributed by atoms with Gasteiger partial charge in [0, 0.05) is 29.7 Å². The lowest BCUT2D eigenvalue weighted by atomic mass is 10.0. The van der Waals surface area contributed by atoms with E-state index in [4.69, 9.17) is 4.74 Å². The summed E-state index contributed by atoms with van der Waals surface area (Å²) < 4.78 is 8.13. The molecule has 0 amide bonds. The van der Waals surface area contributed by atoms with Gasteiger partial charge in [0.25, 0.3) is 0 Å². The number of fused-ring (bicyclic) bond motifs is 1. The Hall–Kier alpha value is -1.48. The first-order valence-electron chi connectivity index (χ1n) is 8.21. The van der Waals surface area contributed by atoms with Crippen molar-refractivity contribution >= 4 is 10.9 Å². The summed E-state index contributed by atoms with van der Waals surface area (Å²) in [6, 6.07) is 9.29. The van der Waals surface area contributed by atoms with Gasteiger partial charge in [-0.2, -0.15) is 0 Å². The molecule has 3 rings (SSSR count). The molecular formula is C18H26N2O. The smallest absolute Gasteiger partial charge is 0.120 e. The van der Waals surface area contributed by atoms with Crippen LogP contribution in [0.1, 0.15) is 39.5 Å². The molecule has 21 heavy (non-hydrogen) atoms. The van der Waals surface area contributed by atoms with E-state index in [1.54, 1.807) is 0 Å². The van der Waals surface area contributed by atoms with Gasteiger partial charge in [0.15, 0.2) is 0 Å². The second kappa shape index (κ2) is 6.52. The van der Waals surface area contributed by atoms with Gasteiger partial charge in [0.2, 0.25) is 0 Å². The first-order chi connectivity index (χ1) is 10.2. The normalized spacial score (nSPS) is 19.3. The van der Waals surface area contributed by atoms with Crippen LogP contribution >= 0.6 is 0 Å². The molecule has 114 valence electrons. The van der Waals surface area contributed by atoms with Gasteiger partial charge in [0.1, 0.15) is 5.75 Å². The second-order valence-electron chi connectivity index (χ2n) is 6.33. The van der Waals surface area contributed by atoms with Crippen LogP contribution in [-0.4, -0.2) is 23.3 Å². The maximum atomic E-state index is 5.77. The lowest BCUT2D eigenvalue weighted by Crippen LogP contribution is -2.34. The molecular weight excluding hydrogens is 260 g/mol. The summed E-state index contributed by atoms with van der Waals surface area (Å²) >= 11 is 0. The minimum absolute atomic E-state index is 0.224. The lowest BCUT2D eigenvalue weighted by molar-refractivity contribution is 0.243. The predicted molar refractivity (Wildman–Crippen MR) is 88.0 cm³/mol. The van der Waals surface area contributed by atoms with Crippen molar-refractivity contribution in [3.63, 3.8) is 0 Å². The number of hydrogen-bond donors (Lipinski definition) is 1. The maximum Gasteiger partial charge on any atom is 0.120 e. The Kier molecular flexibility index (Phi) is 4.49. The van der Waals surface area contributed by atoms with Crippen LogP contribution in [0.4, 0.5) is 0 Å². The fraction of sp³-hybridized carbons (Fsp3) is 0.556. The van der Waals surface area contributed by atoms with Crippen molar-refractivity contribution in [2.24, 2.45) is 0 Å². The lowest BCUT2D eigenvalue weighted by Gasteiger charge is -2.23. The largest absolute Gasteiger partial charge is 0.491 e. The van der Waals surface area contributed by atoms with Gasteiger partial charge in [-0.05, 0) is 63.9 Å². The van der Waals surface area contributed by atoms with Crippen LogP contribution in [0.15, 0.2) is 30.5 Å². The number of aromatic nitrogens is 1. The van der Waals surface area contributed by atoms with E-state index in [-0.39, 0.29) is 6.10 Å². The zero-order chi connectivity index (χ0) is 14.7. The van der Waals surface area contributed by atoms with Crippen molar-refractivity contribution in [2.45, 2.75) is 58.2 Å². The zero-order valence-electron chi connectivity index (χ0n) is 13.1. The Bertz CT molecular complexity index is 582. The predicted octanol–water partition coefficient (Wildman–Crippen LogP) is 3.96. The van der Waals surface area contributed by atoms with E-state index in [9.17, 15) is 0 Å². The highest BCUT2D eigenvalue weighted by atomic mass is 16.5. The molecule has 0 saturated carbocycles. The van der Waals surface area contributed by atoms with Gasteiger partial charge >= 0.3 is 0 Å². The van der Waals surface area contributed by atoms with Crippen LogP contribution in [0, 0.1) is 0 Å². The van der Waals surface area contributed by atoms with Gasteiger partial charge in [-0.25, -0.2) is 0 Å². The monoisotopic (exact) mass is 286 g/mol. The summed E-state index contributed by atoms with van der Waals surface area (Å²) in [6.45, 7) is 6.40. The summed E-state index contributed by atoms with van der Waals surface area (Å²) in [7, 11) is 0. The number of rotatable bonds is 5. The molecule has 1 fully saturated rings. The first kappa shape index (κ1) is 14.5. The van der Waals surface area contributed by atoms with Crippen molar-refractivity contribution < 1.29 is 4.74 Å². The Morgan fingerprint density at radius 2 is 2.19 bits per heavy atom. The summed E-state index contributed by atoms with van der Waals surface area (Å²) in [6.07, 6.45) is 7.68. The molecule has 1 aromatic carbocycles. The molecule has 1 aromatic heterocycles. The van der Waals surface area contributed by atoms with Crippen molar-refractivity contribution in [3.05, 3.63) is 30.5 Å². The Labute approximate surface area is 127 Å². The third-order valence-corrected chi connectivity index (χ3v) is 4.25. The van der Waals surface area contributed by atoms with Crippen molar-refractivity contribution in [2.75, 3.05) is 6.54 Å². The second-order valence-corrected chi connectivity index (χ2v) is 6.33. The summed E-state index contributed by atoms with van der Waals surface area (Å²) in [5.41, 5.74) is 1.31. The van der Waals surface area contributed by atoms with E-state index in [2.05, 4.69) is 54.2 Å². The highest BCUT2D eigenvalue weighted by Gasteiger charge is 2.12. The van der Waals surface area contributed by atoms with Gasteiger partial charge in [-0.3, -0.25) is 0 Å². The molecule has 1 unspecified atom stereocenters. The average Bonchev–Trinajstić information content (AvgIpc) is 2.88. The SMILES string of the molecule is CC(C)Oc1ccc2c(ccn2CCC2CCCCN2)c1. The molecule has 2 heterocycles. The van der Waals surface area contributed by atoms with E-state index >= 15 is 0 Å². The van der Waals surface area contributed by atoms with Crippen molar-refractivity contribution in [1.82, 2.24) is 9.88 Å². The Morgan fingerprint density at radius 3 is 2.95 bits per heavy atom. The minimum atomic E-state index is 0.224. The average molecular weight is 286 g/mol. The van der Waals surface area contributed by atoms with Crippen molar-refractivity contribution in [1.29, 1.82) is 0 Å². The molecule has 3 heteroatoms. The van der Waals surface area contributed by atoms with E-state index in [0.29, 0.717) is 6.04 Å². The third-order valence-electron chi connectivity index (χ3n) is 4.25. The van der Waals surface area contributed by atoms with Gasteiger partial charge in [-0.15, -0.1) is 0 Å². The molecule has 0 aliphatic carbocycles. The molecule has 0 spiro atoms. The van der Waals surface area contributed by atoms with Crippen molar-refractivity contribution in [3.8, 4) is 5.75 Å². The number of ether oxygens (including phenoxy) is 1. The molecule has 2 aromatic rings. The van der Waals surface area contributed by atoms with Crippen LogP contribution < -0.4 is 10.1 Å². The molecule has 1 atom stereocenters. The third kappa shape index (κ3) is 3.59. The molecule has 1 aliphatic rings. The van der Waals surface area contributed by atoms with Gasteiger partial charge in [0.05, 0.1) is 6.10 Å². The molecule has 0 radical (unpaired) electrons. The van der Waals surface area contributed by atoms with Crippen LogP contribution in [0.2, 0.25) is 0 Å². The molecule has 0 bridgehead atoms. The quantitative estimate of drug-likeness (QED) is 0.900. The summed E-state index contributed by atoms with van der Waals surface area (Å²) in [5, 5.41) is 4.90. The maximum absolute atomic E-state index is 5.77. The summed E-state index contributed by atoms with van der Waals surface area (Å²) in [5.74, 6) is 0.962. The number of benzene rings is 1. The van der Waals surface area contributed by atoms with Crippen LogP contribution in [0.25, 0.3) is 10.9 Å². The van der Waals surface area contributed by atoms with Crippen LogP contribution in [0.5, 0.6) is 5.75 Å². The minimum Gasteiger partial charge on any atom is -0.491 e. The highest BCUT2D eigenvalue weighted by molar-refractivity contribution is 5.81. The van der Waals surface area contributed by atoms with E-state index in [0.717, 1.165) is 12.3 Å². The number of nitrogens with zero attached hydrogens (tertiary/aromatic N) is 1. The molecule has 1 saturated heterocycles. The van der Waals surface area contributed by atoms with Crippen LogP contribution in [-0.2, 0) is 6.54 Å². The van der Waals surface area contributed by atoms with E-state index in [1.165, 1.54) is 43.1 Å². The fourth-order valence-corrected chi connectivity index (χ4v) is 3.18. The number of aryl methyl sites for hydroxylation is 1. The van der Waals surface area contributed by atoms with Crippen LogP contribution in [0.3, 0.4) is 0 Å². The number of hydrogen-bond acceptors (Lipinski definition) is 2.